The Balaban J connectivity index is 1.63. The second-order valence-electron chi connectivity index (χ2n) is 5.23. The summed E-state index contributed by atoms with van der Waals surface area (Å²) in [5, 5.41) is 7.61. The zero-order chi connectivity index (χ0) is 16.1. The molecule has 3 aromatic rings. The number of rotatable bonds is 6. The molecule has 5 heteroatoms. The fraction of sp³-hybridized carbons (Fsp3) is 0.167. The Bertz CT molecular complexity index is 771. The Morgan fingerprint density at radius 2 is 1.96 bits per heavy atom. The fourth-order valence-corrected chi connectivity index (χ4v) is 2.36. The molecule has 0 saturated carbocycles. The number of halogens is 1. The molecule has 0 fully saturated rings. The molecular formula is C18H18FN3O. The van der Waals surface area contributed by atoms with Gasteiger partial charge in [0.15, 0.2) is 0 Å². The molecule has 0 atom stereocenters. The zero-order valence-corrected chi connectivity index (χ0v) is 12.9. The summed E-state index contributed by atoms with van der Waals surface area (Å²) in [6.07, 6.45) is 3.82. The van der Waals surface area contributed by atoms with Gasteiger partial charge in [-0.15, -0.1) is 0 Å². The van der Waals surface area contributed by atoms with E-state index in [-0.39, 0.29) is 5.82 Å². The topological polar surface area (TPSA) is 39.1 Å². The molecule has 4 nitrogen and oxygen atoms in total. The molecule has 3 rings (SSSR count). The van der Waals surface area contributed by atoms with Crippen LogP contribution in [0, 0.1) is 5.82 Å². The molecule has 0 saturated heterocycles. The van der Waals surface area contributed by atoms with Crippen LogP contribution in [0.15, 0.2) is 60.9 Å². The Labute approximate surface area is 134 Å². The van der Waals surface area contributed by atoms with E-state index in [0.29, 0.717) is 12.3 Å². The van der Waals surface area contributed by atoms with Gasteiger partial charge in [0.05, 0.1) is 25.5 Å². The first-order valence-corrected chi connectivity index (χ1v) is 7.37. The summed E-state index contributed by atoms with van der Waals surface area (Å²) in [7, 11) is 1.53. The number of nitrogens with zero attached hydrogens (tertiary/aromatic N) is 2. The minimum Gasteiger partial charge on any atom is -0.494 e. The molecule has 1 N–H and O–H groups in total. The van der Waals surface area contributed by atoms with Crippen LogP contribution in [-0.2, 0) is 13.1 Å². The normalized spacial score (nSPS) is 10.5. The highest BCUT2D eigenvalue weighted by Crippen LogP contribution is 2.25. The van der Waals surface area contributed by atoms with Gasteiger partial charge in [-0.2, -0.15) is 5.10 Å². The third-order valence-electron chi connectivity index (χ3n) is 3.52. The van der Waals surface area contributed by atoms with Crippen LogP contribution in [0.4, 0.5) is 10.1 Å². The second kappa shape index (κ2) is 6.96. The lowest BCUT2D eigenvalue weighted by atomic mass is 10.2. The summed E-state index contributed by atoms with van der Waals surface area (Å²) >= 11 is 0. The lowest BCUT2D eigenvalue weighted by Crippen LogP contribution is -2.02. The number of nitrogens with one attached hydrogen (secondary N) is 1. The summed E-state index contributed by atoms with van der Waals surface area (Å²) in [6, 6.07) is 14.6. The number of hydrogen-bond donors (Lipinski definition) is 1. The van der Waals surface area contributed by atoms with Crippen LogP contribution in [0.5, 0.6) is 5.75 Å². The third-order valence-corrected chi connectivity index (χ3v) is 3.52. The van der Waals surface area contributed by atoms with Gasteiger partial charge in [-0.05, 0) is 17.7 Å². The first-order valence-electron chi connectivity index (χ1n) is 7.37. The van der Waals surface area contributed by atoms with E-state index in [1.165, 1.54) is 24.8 Å². The van der Waals surface area contributed by atoms with Crippen LogP contribution in [0.3, 0.4) is 0 Å². The summed E-state index contributed by atoms with van der Waals surface area (Å²) in [4.78, 5) is 0. The van der Waals surface area contributed by atoms with E-state index >= 15 is 0 Å². The molecule has 0 aliphatic heterocycles. The first-order chi connectivity index (χ1) is 11.2. The highest BCUT2D eigenvalue weighted by Gasteiger charge is 2.05. The second-order valence-corrected chi connectivity index (χ2v) is 5.23. The van der Waals surface area contributed by atoms with E-state index < -0.39 is 0 Å². The first kappa shape index (κ1) is 15.1. The zero-order valence-electron chi connectivity index (χ0n) is 12.9. The highest BCUT2D eigenvalue weighted by molar-refractivity contribution is 5.56. The van der Waals surface area contributed by atoms with Gasteiger partial charge in [0.2, 0.25) is 0 Å². The summed E-state index contributed by atoms with van der Waals surface area (Å²) in [6.45, 7) is 1.33. The largest absolute Gasteiger partial charge is 0.494 e. The van der Waals surface area contributed by atoms with Gasteiger partial charge in [0.25, 0.3) is 0 Å². The van der Waals surface area contributed by atoms with Gasteiger partial charge in [-0.25, -0.2) is 4.39 Å². The van der Waals surface area contributed by atoms with Gasteiger partial charge in [0, 0.05) is 24.4 Å². The Hall–Kier alpha value is -2.82. The van der Waals surface area contributed by atoms with Crippen LogP contribution >= 0.6 is 0 Å². The Kier molecular flexibility index (Phi) is 4.57. The van der Waals surface area contributed by atoms with Gasteiger partial charge in [0.1, 0.15) is 11.6 Å². The van der Waals surface area contributed by atoms with E-state index in [1.807, 2.05) is 35.3 Å². The van der Waals surface area contributed by atoms with Crippen molar-refractivity contribution in [2.24, 2.45) is 0 Å². The van der Waals surface area contributed by atoms with E-state index in [9.17, 15) is 4.39 Å². The monoisotopic (exact) mass is 311 g/mol. The standard InChI is InChI=1S/C18H18FN3O/c1-23-18-9-16(19)7-8-17(18)20-10-15-11-21-22(13-15)12-14-5-3-2-4-6-14/h2-9,11,13,20H,10,12H2,1H3. The molecular weight excluding hydrogens is 293 g/mol. The van der Waals surface area contributed by atoms with Crippen molar-refractivity contribution in [2.75, 3.05) is 12.4 Å². The van der Waals surface area contributed by atoms with E-state index in [0.717, 1.165) is 17.8 Å². The molecule has 23 heavy (non-hydrogen) atoms. The van der Waals surface area contributed by atoms with Crippen molar-refractivity contribution in [3.05, 3.63) is 77.9 Å². The Morgan fingerprint density at radius 1 is 1.13 bits per heavy atom. The van der Waals surface area contributed by atoms with Crippen molar-refractivity contribution < 1.29 is 9.13 Å². The quantitative estimate of drug-likeness (QED) is 0.754. The van der Waals surface area contributed by atoms with Crippen LogP contribution in [0.25, 0.3) is 0 Å². The molecule has 0 unspecified atom stereocenters. The molecule has 0 amide bonds. The van der Waals surface area contributed by atoms with Crippen LogP contribution < -0.4 is 10.1 Å². The van der Waals surface area contributed by atoms with Crippen molar-refractivity contribution in [3.63, 3.8) is 0 Å². The third kappa shape index (κ3) is 3.88. The molecule has 0 spiro atoms. The molecule has 2 aromatic carbocycles. The molecule has 1 aromatic heterocycles. The molecule has 0 aliphatic carbocycles. The molecule has 0 radical (unpaired) electrons. The van der Waals surface area contributed by atoms with Gasteiger partial charge < -0.3 is 10.1 Å². The van der Waals surface area contributed by atoms with Gasteiger partial charge in [-0.1, -0.05) is 30.3 Å². The number of anilines is 1. The number of aromatic nitrogens is 2. The van der Waals surface area contributed by atoms with Crippen molar-refractivity contribution >= 4 is 5.69 Å². The lowest BCUT2D eigenvalue weighted by Gasteiger charge is -2.10. The minimum absolute atomic E-state index is 0.317. The van der Waals surface area contributed by atoms with Crippen molar-refractivity contribution in [1.82, 2.24) is 9.78 Å². The van der Waals surface area contributed by atoms with Gasteiger partial charge >= 0.3 is 0 Å². The average Bonchev–Trinajstić information content (AvgIpc) is 3.02. The fourth-order valence-electron chi connectivity index (χ4n) is 2.36. The number of methoxy groups -OCH3 is 1. The molecule has 118 valence electrons. The van der Waals surface area contributed by atoms with Crippen LogP contribution in [0.1, 0.15) is 11.1 Å². The maximum absolute atomic E-state index is 13.2. The maximum atomic E-state index is 13.2. The highest BCUT2D eigenvalue weighted by atomic mass is 19.1. The minimum atomic E-state index is -0.317. The van der Waals surface area contributed by atoms with Crippen LogP contribution in [-0.4, -0.2) is 16.9 Å². The molecule has 1 heterocycles. The average molecular weight is 311 g/mol. The smallest absolute Gasteiger partial charge is 0.144 e. The SMILES string of the molecule is COc1cc(F)ccc1NCc1cnn(Cc2ccccc2)c1. The van der Waals surface area contributed by atoms with Gasteiger partial charge in [-0.3, -0.25) is 4.68 Å². The van der Waals surface area contributed by atoms with Crippen molar-refractivity contribution in [3.8, 4) is 5.75 Å². The maximum Gasteiger partial charge on any atom is 0.144 e. The predicted molar refractivity (Wildman–Crippen MR) is 88.0 cm³/mol. The van der Waals surface area contributed by atoms with Crippen molar-refractivity contribution in [2.45, 2.75) is 13.1 Å². The molecule has 0 aliphatic rings. The van der Waals surface area contributed by atoms with E-state index in [4.69, 9.17) is 4.74 Å². The summed E-state index contributed by atoms with van der Waals surface area (Å²) < 4.78 is 20.3. The predicted octanol–water partition coefficient (Wildman–Crippen LogP) is 3.69. The van der Waals surface area contributed by atoms with E-state index in [1.54, 1.807) is 6.07 Å². The molecule has 0 bridgehead atoms. The van der Waals surface area contributed by atoms with Crippen molar-refractivity contribution in [1.29, 1.82) is 0 Å². The lowest BCUT2D eigenvalue weighted by molar-refractivity contribution is 0.413. The Morgan fingerprint density at radius 3 is 2.74 bits per heavy atom. The number of benzene rings is 2. The van der Waals surface area contributed by atoms with E-state index in [2.05, 4.69) is 22.5 Å². The summed E-state index contributed by atoms with van der Waals surface area (Å²) in [5.74, 6) is 0.171. The van der Waals surface area contributed by atoms with Crippen LogP contribution in [0.2, 0.25) is 0 Å². The number of ether oxygens (including phenoxy) is 1. The summed E-state index contributed by atoms with van der Waals surface area (Å²) in [5.41, 5.74) is 3.01. The number of hydrogen-bond acceptors (Lipinski definition) is 3.